The van der Waals surface area contributed by atoms with Gasteiger partial charge in [-0.15, -0.1) is 0 Å². The molecule has 0 atom stereocenters. The Morgan fingerprint density at radius 1 is 1.17 bits per heavy atom. The maximum Gasteiger partial charge on any atom is 0.266 e. The summed E-state index contributed by atoms with van der Waals surface area (Å²) in [6, 6.07) is 12.5. The van der Waals surface area contributed by atoms with E-state index in [4.69, 9.17) is 17.3 Å². The van der Waals surface area contributed by atoms with E-state index < -0.39 is 0 Å². The van der Waals surface area contributed by atoms with Crippen LogP contribution in [0.5, 0.6) is 0 Å². The van der Waals surface area contributed by atoms with Gasteiger partial charge in [0.25, 0.3) is 5.56 Å². The number of unbranched alkanes of at least 4 members (excludes halogenated alkanes) is 1. The van der Waals surface area contributed by atoms with E-state index in [1.807, 2.05) is 12.1 Å². The Balaban J connectivity index is 2.29. The monoisotopic (exact) mass is 327 g/mol. The third-order valence-electron chi connectivity index (χ3n) is 3.80. The highest BCUT2D eigenvalue weighted by Crippen LogP contribution is 2.19. The summed E-state index contributed by atoms with van der Waals surface area (Å²) in [5.74, 6) is 0.761. The molecule has 1 aromatic heterocycles. The van der Waals surface area contributed by atoms with Crippen LogP contribution in [-0.2, 0) is 6.42 Å². The first-order chi connectivity index (χ1) is 11.1. The third-order valence-corrected chi connectivity index (χ3v) is 4.04. The van der Waals surface area contributed by atoms with E-state index in [9.17, 15) is 4.79 Å². The lowest BCUT2D eigenvalue weighted by atomic mass is 10.2. The molecule has 0 aliphatic rings. The lowest BCUT2D eigenvalue weighted by Crippen LogP contribution is -2.24. The number of hydrogen-bond donors (Lipinski definition) is 1. The molecule has 0 fully saturated rings. The molecule has 2 aromatic carbocycles. The third kappa shape index (κ3) is 3.08. The maximum atomic E-state index is 13.0. The molecule has 0 radical (unpaired) electrons. The Morgan fingerprint density at radius 2 is 1.91 bits per heavy atom. The highest BCUT2D eigenvalue weighted by molar-refractivity contribution is 6.31. The minimum absolute atomic E-state index is 0.103. The van der Waals surface area contributed by atoms with Crippen molar-refractivity contribution in [1.82, 2.24) is 9.55 Å². The van der Waals surface area contributed by atoms with Crippen LogP contribution in [-0.4, -0.2) is 9.55 Å². The summed E-state index contributed by atoms with van der Waals surface area (Å²) in [7, 11) is 0. The second-order valence-electron chi connectivity index (χ2n) is 5.53. The molecule has 0 amide bonds. The quantitative estimate of drug-likeness (QED) is 0.738. The zero-order chi connectivity index (χ0) is 16.4. The number of benzene rings is 2. The van der Waals surface area contributed by atoms with Crippen LogP contribution in [0, 0.1) is 0 Å². The lowest BCUT2D eigenvalue weighted by molar-refractivity contribution is 0.720. The largest absolute Gasteiger partial charge is 0.399 e. The van der Waals surface area contributed by atoms with Crippen LogP contribution < -0.4 is 11.3 Å². The molecule has 3 rings (SSSR count). The zero-order valence-corrected chi connectivity index (χ0v) is 13.7. The molecule has 0 saturated carbocycles. The normalized spacial score (nSPS) is 11.0. The summed E-state index contributed by atoms with van der Waals surface area (Å²) in [6.07, 6.45) is 2.76. The first-order valence-corrected chi connectivity index (χ1v) is 8.05. The van der Waals surface area contributed by atoms with Crippen molar-refractivity contribution in [3.63, 3.8) is 0 Å². The summed E-state index contributed by atoms with van der Waals surface area (Å²) < 4.78 is 1.66. The molecular weight excluding hydrogens is 310 g/mol. The maximum absolute atomic E-state index is 13.0. The van der Waals surface area contributed by atoms with E-state index in [-0.39, 0.29) is 5.56 Å². The van der Waals surface area contributed by atoms with Crippen molar-refractivity contribution >= 4 is 28.2 Å². The molecule has 23 heavy (non-hydrogen) atoms. The van der Waals surface area contributed by atoms with Gasteiger partial charge in [0.15, 0.2) is 0 Å². The van der Waals surface area contributed by atoms with Gasteiger partial charge in [-0.05, 0) is 48.9 Å². The fourth-order valence-electron chi connectivity index (χ4n) is 2.60. The summed E-state index contributed by atoms with van der Waals surface area (Å²) >= 11 is 6.04. The van der Waals surface area contributed by atoms with Crippen LogP contribution in [0.3, 0.4) is 0 Å². The summed E-state index contributed by atoms with van der Waals surface area (Å²) in [4.78, 5) is 17.7. The predicted molar refractivity (Wildman–Crippen MR) is 95.4 cm³/mol. The summed E-state index contributed by atoms with van der Waals surface area (Å²) in [6.45, 7) is 2.12. The molecule has 0 saturated heterocycles. The number of nitrogen functional groups attached to an aromatic ring is 1. The van der Waals surface area contributed by atoms with Gasteiger partial charge in [0.1, 0.15) is 5.82 Å². The van der Waals surface area contributed by atoms with Crippen LogP contribution in [0.2, 0.25) is 5.02 Å². The van der Waals surface area contributed by atoms with Gasteiger partial charge in [-0.25, -0.2) is 4.98 Å². The van der Waals surface area contributed by atoms with E-state index in [0.717, 1.165) is 30.8 Å². The average molecular weight is 328 g/mol. The van der Waals surface area contributed by atoms with Crippen molar-refractivity contribution in [2.75, 3.05) is 5.73 Å². The second-order valence-corrected chi connectivity index (χ2v) is 5.96. The number of nitrogens with two attached hydrogens (primary N) is 1. The van der Waals surface area contributed by atoms with E-state index in [2.05, 4.69) is 11.9 Å². The molecule has 118 valence electrons. The summed E-state index contributed by atoms with van der Waals surface area (Å²) in [5, 5.41) is 1.05. The first-order valence-electron chi connectivity index (χ1n) is 7.67. The standard InChI is InChI=1S/C18H18ClN3O/c1-2-3-4-17-21-16-10-5-12(19)11-15(16)18(23)22(17)14-8-6-13(20)7-9-14/h5-11H,2-4,20H2,1H3. The van der Waals surface area contributed by atoms with Crippen LogP contribution >= 0.6 is 11.6 Å². The molecule has 0 bridgehead atoms. The Morgan fingerprint density at radius 3 is 2.61 bits per heavy atom. The average Bonchev–Trinajstić information content (AvgIpc) is 2.55. The molecule has 5 heteroatoms. The number of hydrogen-bond acceptors (Lipinski definition) is 3. The van der Waals surface area contributed by atoms with Crippen molar-refractivity contribution in [2.45, 2.75) is 26.2 Å². The van der Waals surface area contributed by atoms with Crippen LogP contribution in [0.25, 0.3) is 16.6 Å². The van der Waals surface area contributed by atoms with Gasteiger partial charge in [-0.1, -0.05) is 24.9 Å². The Hall–Kier alpha value is -2.33. The number of aryl methyl sites for hydroxylation is 1. The highest BCUT2D eigenvalue weighted by atomic mass is 35.5. The Kier molecular flexibility index (Phi) is 4.35. The Labute approximate surface area is 139 Å². The molecule has 0 aliphatic heterocycles. The fourth-order valence-corrected chi connectivity index (χ4v) is 2.77. The molecule has 4 nitrogen and oxygen atoms in total. The first kappa shape index (κ1) is 15.6. The zero-order valence-electron chi connectivity index (χ0n) is 12.9. The van der Waals surface area contributed by atoms with Crippen molar-refractivity contribution in [3.8, 4) is 5.69 Å². The molecule has 3 aromatic rings. The van der Waals surface area contributed by atoms with E-state index in [0.29, 0.717) is 21.6 Å². The van der Waals surface area contributed by atoms with E-state index >= 15 is 0 Å². The summed E-state index contributed by atoms with van der Waals surface area (Å²) in [5.41, 5.74) is 7.75. The van der Waals surface area contributed by atoms with Crippen molar-refractivity contribution in [1.29, 1.82) is 0 Å². The number of anilines is 1. The number of rotatable bonds is 4. The lowest BCUT2D eigenvalue weighted by Gasteiger charge is -2.14. The fraction of sp³-hybridized carbons (Fsp3) is 0.222. The second kappa shape index (κ2) is 6.42. The van der Waals surface area contributed by atoms with Crippen molar-refractivity contribution < 1.29 is 0 Å². The van der Waals surface area contributed by atoms with Gasteiger partial charge in [0.05, 0.1) is 16.6 Å². The number of nitrogens with zero attached hydrogens (tertiary/aromatic N) is 2. The Bertz CT molecular complexity index is 901. The predicted octanol–water partition coefficient (Wildman–Crippen LogP) is 3.96. The number of halogens is 1. The van der Waals surface area contributed by atoms with Crippen molar-refractivity contribution in [2.24, 2.45) is 0 Å². The molecular formula is C18H18ClN3O. The van der Waals surface area contributed by atoms with E-state index in [1.165, 1.54) is 0 Å². The molecule has 0 unspecified atom stereocenters. The number of fused-ring (bicyclic) bond motifs is 1. The van der Waals surface area contributed by atoms with Crippen LogP contribution in [0.15, 0.2) is 47.3 Å². The van der Waals surface area contributed by atoms with Gasteiger partial charge in [-0.3, -0.25) is 9.36 Å². The molecule has 2 N–H and O–H groups in total. The van der Waals surface area contributed by atoms with Gasteiger partial charge in [0, 0.05) is 17.1 Å². The van der Waals surface area contributed by atoms with Crippen LogP contribution in [0.4, 0.5) is 5.69 Å². The van der Waals surface area contributed by atoms with Gasteiger partial charge < -0.3 is 5.73 Å². The SMILES string of the molecule is CCCCc1nc2ccc(Cl)cc2c(=O)n1-c1ccc(N)cc1. The number of aromatic nitrogens is 2. The minimum atomic E-state index is -0.103. The van der Waals surface area contributed by atoms with E-state index in [1.54, 1.807) is 34.9 Å². The molecule has 0 aliphatic carbocycles. The topological polar surface area (TPSA) is 60.9 Å². The molecule has 0 spiro atoms. The van der Waals surface area contributed by atoms with Crippen molar-refractivity contribution in [3.05, 3.63) is 63.7 Å². The molecule has 1 heterocycles. The van der Waals surface area contributed by atoms with Gasteiger partial charge in [0.2, 0.25) is 0 Å². The van der Waals surface area contributed by atoms with Gasteiger partial charge >= 0.3 is 0 Å². The highest BCUT2D eigenvalue weighted by Gasteiger charge is 2.13. The smallest absolute Gasteiger partial charge is 0.266 e. The van der Waals surface area contributed by atoms with Crippen LogP contribution in [0.1, 0.15) is 25.6 Å². The van der Waals surface area contributed by atoms with Gasteiger partial charge in [-0.2, -0.15) is 0 Å². The minimum Gasteiger partial charge on any atom is -0.399 e.